The monoisotopic (exact) mass is 312 g/mol. The van der Waals surface area contributed by atoms with Crippen LogP contribution in [0.4, 0.5) is 5.13 Å². The Kier molecular flexibility index (Phi) is 5.13. The van der Waals surface area contributed by atoms with Gasteiger partial charge < -0.3 is 15.2 Å². The average molecular weight is 312 g/mol. The molecular weight excluding hydrogens is 300 g/mol. The van der Waals surface area contributed by atoms with Crippen molar-refractivity contribution in [3.05, 3.63) is 23.9 Å². The van der Waals surface area contributed by atoms with Crippen molar-refractivity contribution in [3.8, 4) is 5.88 Å². The van der Waals surface area contributed by atoms with Crippen LogP contribution in [0, 0.1) is 0 Å². The van der Waals surface area contributed by atoms with E-state index in [9.17, 15) is 4.79 Å². The third-order valence-corrected chi connectivity index (χ3v) is 4.18. The van der Waals surface area contributed by atoms with Crippen molar-refractivity contribution in [1.29, 1.82) is 0 Å². The summed E-state index contributed by atoms with van der Waals surface area (Å²) in [5, 5.41) is 20.2. The second-order valence-electron chi connectivity index (χ2n) is 3.62. The molecule has 0 bridgehead atoms. The molecule has 9 heteroatoms. The van der Waals surface area contributed by atoms with E-state index in [0.717, 1.165) is 17.3 Å². The molecular formula is C11H12N4O3S2. The van der Waals surface area contributed by atoms with Crippen LogP contribution in [0.15, 0.2) is 22.7 Å². The summed E-state index contributed by atoms with van der Waals surface area (Å²) in [6.45, 7) is 0.567. The number of carbonyl (C=O) groups is 1. The van der Waals surface area contributed by atoms with Gasteiger partial charge in [-0.1, -0.05) is 23.1 Å². The highest BCUT2D eigenvalue weighted by molar-refractivity contribution is 8.01. The van der Waals surface area contributed by atoms with E-state index in [2.05, 4.69) is 20.5 Å². The number of carboxylic acids is 1. The van der Waals surface area contributed by atoms with Gasteiger partial charge in [-0.3, -0.25) is 4.79 Å². The molecule has 0 atom stereocenters. The van der Waals surface area contributed by atoms with Crippen LogP contribution in [-0.2, 0) is 11.3 Å². The number of nitrogens with one attached hydrogen (secondary N) is 1. The molecule has 0 aromatic carbocycles. The number of ether oxygens (including phenoxy) is 1. The lowest BCUT2D eigenvalue weighted by atomic mass is 10.3. The number of carboxylic acid groups (broad SMARTS) is 1. The van der Waals surface area contributed by atoms with Gasteiger partial charge in [0.1, 0.15) is 0 Å². The molecule has 0 radical (unpaired) electrons. The number of hydrogen-bond donors (Lipinski definition) is 2. The minimum Gasteiger partial charge on any atom is -0.481 e. The van der Waals surface area contributed by atoms with Gasteiger partial charge in [0.25, 0.3) is 0 Å². The Labute approximate surface area is 123 Å². The molecule has 0 saturated heterocycles. The summed E-state index contributed by atoms with van der Waals surface area (Å²) in [7, 11) is 1.57. The van der Waals surface area contributed by atoms with Crippen LogP contribution in [0.3, 0.4) is 0 Å². The summed E-state index contributed by atoms with van der Waals surface area (Å²) in [6, 6.07) is 3.70. The normalized spacial score (nSPS) is 10.2. The zero-order valence-electron chi connectivity index (χ0n) is 10.6. The summed E-state index contributed by atoms with van der Waals surface area (Å²) in [5.41, 5.74) is 1.01. The van der Waals surface area contributed by atoms with Gasteiger partial charge in [-0.15, -0.1) is 10.2 Å². The van der Waals surface area contributed by atoms with E-state index >= 15 is 0 Å². The van der Waals surface area contributed by atoms with Gasteiger partial charge in [-0.2, -0.15) is 0 Å². The lowest BCUT2D eigenvalue weighted by molar-refractivity contribution is -0.133. The van der Waals surface area contributed by atoms with Crippen molar-refractivity contribution in [2.45, 2.75) is 10.9 Å². The van der Waals surface area contributed by atoms with Crippen LogP contribution >= 0.6 is 23.1 Å². The van der Waals surface area contributed by atoms with Gasteiger partial charge in [0.2, 0.25) is 11.0 Å². The minimum atomic E-state index is -0.872. The van der Waals surface area contributed by atoms with Gasteiger partial charge in [0.15, 0.2) is 4.34 Å². The van der Waals surface area contributed by atoms with Crippen molar-refractivity contribution in [2.24, 2.45) is 0 Å². The van der Waals surface area contributed by atoms with Gasteiger partial charge >= 0.3 is 5.97 Å². The Balaban J connectivity index is 1.88. The number of pyridine rings is 1. The summed E-state index contributed by atoms with van der Waals surface area (Å²) in [5.74, 6) is -0.334. The molecule has 2 N–H and O–H groups in total. The number of aromatic nitrogens is 3. The average Bonchev–Trinajstić information content (AvgIpc) is 2.91. The smallest absolute Gasteiger partial charge is 0.313 e. The maximum absolute atomic E-state index is 10.5. The number of aliphatic carboxylic acids is 1. The van der Waals surface area contributed by atoms with E-state index in [0.29, 0.717) is 21.9 Å². The minimum absolute atomic E-state index is 0.0177. The Hall–Kier alpha value is -1.87. The van der Waals surface area contributed by atoms with Gasteiger partial charge in [0.05, 0.1) is 12.9 Å². The first-order chi connectivity index (χ1) is 9.67. The number of nitrogens with zero attached hydrogens (tertiary/aromatic N) is 3. The van der Waals surface area contributed by atoms with E-state index < -0.39 is 5.97 Å². The molecule has 2 heterocycles. The fraction of sp³-hybridized carbons (Fsp3) is 0.273. The van der Waals surface area contributed by atoms with E-state index in [1.165, 1.54) is 11.3 Å². The van der Waals surface area contributed by atoms with Gasteiger partial charge in [-0.25, -0.2) is 4.98 Å². The molecule has 0 amide bonds. The van der Waals surface area contributed by atoms with E-state index in [1.807, 2.05) is 12.1 Å². The van der Waals surface area contributed by atoms with Crippen LogP contribution in [0.2, 0.25) is 0 Å². The zero-order valence-corrected chi connectivity index (χ0v) is 12.2. The zero-order chi connectivity index (χ0) is 14.4. The Morgan fingerprint density at radius 1 is 1.55 bits per heavy atom. The number of hydrogen-bond acceptors (Lipinski definition) is 8. The SMILES string of the molecule is COc1cc(CNc2nnc(SCC(=O)O)s2)ccn1. The molecule has 0 fully saturated rings. The molecule has 0 unspecified atom stereocenters. The van der Waals surface area contributed by atoms with Crippen molar-refractivity contribution in [2.75, 3.05) is 18.2 Å². The Morgan fingerprint density at radius 2 is 2.40 bits per heavy atom. The quantitative estimate of drug-likeness (QED) is 0.746. The maximum atomic E-state index is 10.5. The molecule has 0 aliphatic heterocycles. The molecule has 2 aromatic heterocycles. The fourth-order valence-corrected chi connectivity index (χ4v) is 2.78. The van der Waals surface area contributed by atoms with Gasteiger partial charge in [-0.05, 0) is 11.6 Å². The number of methoxy groups -OCH3 is 1. The molecule has 7 nitrogen and oxygen atoms in total. The molecule has 2 rings (SSSR count). The number of rotatable bonds is 7. The second kappa shape index (κ2) is 7.06. The number of thioether (sulfide) groups is 1. The summed E-state index contributed by atoms with van der Waals surface area (Å²) < 4.78 is 5.67. The highest BCUT2D eigenvalue weighted by Crippen LogP contribution is 2.25. The van der Waals surface area contributed by atoms with Crippen LogP contribution in [0.1, 0.15) is 5.56 Å². The van der Waals surface area contributed by atoms with Crippen molar-refractivity contribution >= 4 is 34.2 Å². The molecule has 2 aromatic rings. The third kappa shape index (κ3) is 4.35. The Bertz CT molecular complexity index is 591. The van der Waals surface area contributed by atoms with Crippen LogP contribution in [0.5, 0.6) is 5.88 Å². The standard InChI is InChI=1S/C11H12N4O3S2/c1-18-8-4-7(2-3-12-8)5-13-10-14-15-11(20-10)19-6-9(16)17/h2-4H,5-6H2,1H3,(H,13,14)(H,16,17). The molecule has 106 valence electrons. The van der Waals surface area contributed by atoms with Gasteiger partial charge in [0, 0.05) is 18.8 Å². The summed E-state index contributed by atoms with van der Waals surface area (Å²) in [4.78, 5) is 14.5. The summed E-state index contributed by atoms with van der Waals surface area (Å²) >= 11 is 2.48. The largest absolute Gasteiger partial charge is 0.481 e. The highest BCUT2D eigenvalue weighted by atomic mass is 32.2. The predicted molar refractivity (Wildman–Crippen MR) is 76.4 cm³/mol. The molecule has 0 aliphatic carbocycles. The first-order valence-corrected chi connectivity index (χ1v) is 7.38. The second-order valence-corrected chi connectivity index (χ2v) is 5.82. The van der Waals surface area contributed by atoms with Crippen molar-refractivity contribution in [1.82, 2.24) is 15.2 Å². The molecule has 20 heavy (non-hydrogen) atoms. The van der Waals surface area contributed by atoms with E-state index in [-0.39, 0.29) is 5.75 Å². The Morgan fingerprint density at radius 3 is 3.15 bits per heavy atom. The topological polar surface area (TPSA) is 97.2 Å². The number of anilines is 1. The first kappa shape index (κ1) is 14.5. The molecule has 0 aliphatic rings. The first-order valence-electron chi connectivity index (χ1n) is 5.58. The fourth-order valence-electron chi connectivity index (χ4n) is 1.31. The molecule has 0 saturated carbocycles. The van der Waals surface area contributed by atoms with Crippen LogP contribution in [-0.4, -0.2) is 39.1 Å². The lowest BCUT2D eigenvalue weighted by Gasteiger charge is -2.03. The molecule has 0 spiro atoms. The third-order valence-electron chi connectivity index (χ3n) is 2.18. The highest BCUT2D eigenvalue weighted by Gasteiger charge is 2.07. The van der Waals surface area contributed by atoms with Crippen LogP contribution < -0.4 is 10.1 Å². The summed E-state index contributed by atoms with van der Waals surface area (Å²) in [6.07, 6.45) is 1.67. The van der Waals surface area contributed by atoms with Crippen molar-refractivity contribution < 1.29 is 14.6 Å². The lowest BCUT2D eigenvalue weighted by Crippen LogP contribution is -1.99. The van der Waals surface area contributed by atoms with Crippen LogP contribution in [0.25, 0.3) is 0 Å². The maximum Gasteiger partial charge on any atom is 0.313 e. The van der Waals surface area contributed by atoms with E-state index in [1.54, 1.807) is 13.3 Å². The predicted octanol–water partition coefficient (Wildman–Crippen LogP) is 1.73. The van der Waals surface area contributed by atoms with E-state index in [4.69, 9.17) is 9.84 Å². The van der Waals surface area contributed by atoms with Crippen molar-refractivity contribution in [3.63, 3.8) is 0 Å².